The first kappa shape index (κ1) is 29.2. The van der Waals surface area contributed by atoms with Gasteiger partial charge in [-0.3, -0.25) is 25.3 Å². The van der Waals surface area contributed by atoms with E-state index in [0.717, 1.165) is 17.0 Å². The quantitative estimate of drug-likeness (QED) is 0.336. The first-order chi connectivity index (χ1) is 17.7. The van der Waals surface area contributed by atoms with Crippen molar-refractivity contribution in [2.24, 2.45) is 0 Å². The van der Waals surface area contributed by atoms with Crippen LogP contribution >= 0.6 is 23.2 Å². The summed E-state index contributed by atoms with van der Waals surface area (Å²) in [5.41, 5.74) is 3.24. The number of carbonyl (C=O) groups excluding carboxylic acids is 2. The normalized spacial score (nSPS) is 16.3. The summed E-state index contributed by atoms with van der Waals surface area (Å²) in [6.45, 7) is 6.93. The molecule has 1 fully saturated rings. The van der Waals surface area contributed by atoms with Gasteiger partial charge in [0.15, 0.2) is 11.6 Å². The average Bonchev–Trinajstić information content (AvgIpc) is 3.15. The highest BCUT2D eigenvalue weighted by atomic mass is 35.5. The van der Waals surface area contributed by atoms with Gasteiger partial charge in [-0.05, 0) is 45.9 Å². The summed E-state index contributed by atoms with van der Waals surface area (Å²) in [6, 6.07) is 4.20. The number of nitrogens with one attached hydrogen (secondary N) is 2. The second-order valence-corrected chi connectivity index (χ2v) is 10.1. The largest absolute Gasteiger partial charge is 0.488 e. The van der Waals surface area contributed by atoms with Crippen molar-refractivity contribution in [1.82, 2.24) is 20.7 Å². The van der Waals surface area contributed by atoms with Crippen LogP contribution < -0.4 is 20.5 Å². The number of anilines is 1. The van der Waals surface area contributed by atoms with Gasteiger partial charge in [-0.2, -0.15) is 0 Å². The molecule has 38 heavy (non-hydrogen) atoms. The minimum atomic E-state index is -1.20. The lowest BCUT2D eigenvalue weighted by Gasteiger charge is -2.30. The first-order valence-electron chi connectivity index (χ1n) is 11.5. The number of nitrogens with zero attached hydrogens (tertiary/aromatic N) is 3. The van der Waals surface area contributed by atoms with Gasteiger partial charge in [0.05, 0.1) is 23.2 Å². The summed E-state index contributed by atoms with van der Waals surface area (Å²) in [7, 11) is 1.79. The lowest BCUT2D eigenvalue weighted by molar-refractivity contribution is -0.0430. The third-order valence-electron chi connectivity index (χ3n) is 5.95. The van der Waals surface area contributed by atoms with Gasteiger partial charge in [0, 0.05) is 24.7 Å². The molecule has 3 N–H and O–H groups in total. The number of hydrogen-bond donors (Lipinski definition) is 3. The zero-order chi connectivity index (χ0) is 28.4. The number of carbonyl (C=O) groups is 3. The Morgan fingerprint density at radius 3 is 2.53 bits per heavy atom. The van der Waals surface area contributed by atoms with Crippen molar-refractivity contribution in [3.8, 4) is 5.75 Å². The van der Waals surface area contributed by atoms with Crippen molar-refractivity contribution >= 4 is 46.9 Å². The molecule has 2 aromatic rings. The summed E-state index contributed by atoms with van der Waals surface area (Å²) in [5, 5.41) is 9.39. The van der Waals surface area contributed by atoms with Gasteiger partial charge in [-0.25, -0.2) is 14.2 Å². The molecule has 1 atom stereocenters. The zero-order valence-corrected chi connectivity index (χ0v) is 22.9. The van der Waals surface area contributed by atoms with Gasteiger partial charge in [0.25, 0.3) is 11.8 Å². The zero-order valence-electron chi connectivity index (χ0n) is 21.3. The molecule has 11 nitrogen and oxygen atoms in total. The molecular weight excluding hydrogens is 544 g/mol. The van der Waals surface area contributed by atoms with E-state index in [4.69, 9.17) is 32.7 Å². The van der Waals surface area contributed by atoms with E-state index in [1.807, 2.05) is 18.7 Å². The summed E-state index contributed by atoms with van der Waals surface area (Å²) < 4.78 is 25.7. The van der Waals surface area contributed by atoms with Crippen LogP contribution in [0, 0.1) is 5.82 Å². The molecule has 206 valence electrons. The van der Waals surface area contributed by atoms with Crippen LogP contribution in [0.25, 0.3) is 0 Å². The van der Waals surface area contributed by atoms with Gasteiger partial charge in [-0.15, -0.1) is 0 Å². The second-order valence-electron chi connectivity index (χ2n) is 9.29. The number of hydrazine groups is 1. The number of hydrogen-bond acceptors (Lipinski definition) is 7. The molecule has 2 heterocycles. The van der Waals surface area contributed by atoms with Crippen molar-refractivity contribution in [3.63, 3.8) is 0 Å². The maximum Gasteiger partial charge on any atom is 0.410 e. The van der Waals surface area contributed by atoms with E-state index < -0.39 is 35.5 Å². The Hall–Kier alpha value is -3.35. The van der Waals surface area contributed by atoms with Crippen LogP contribution in [0.1, 0.15) is 48.4 Å². The molecule has 3 amide bonds. The van der Waals surface area contributed by atoms with Gasteiger partial charge < -0.3 is 19.5 Å². The molecule has 1 aliphatic heterocycles. The maximum atomic E-state index is 14.7. The molecule has 1 aliphatic rings. The fourth-order valence-corrected chi connectivity index (χ4v) is 4.15. The van der Waals surface area contributed by atoms with E-state index in [1.54, 1.807) is 20.9 Å². The average molecular weight is 572 g/mol. The van der Waals surface area contributed by atoms with E-state index in [-0.39, 0.29) is 46.3 Å². The van der Waals surface area contributed by atoms with Crippen molar-refractivity contribution in [1.29, 1.82) is 0 Å². The maximum absolute atomic E-state index is 14.7. The molecule has 0 bridgehead atoms. The van der Waals surface area contributed by atoms with E-state index in [0.29, 0.717) is 5.82 Å². The van der Waals surface area contributed by atoms with Gasteiger partial charge >= 0.3 is 6.09 Å². The number of rotatable bonds is 7. The lowest BCUT2D eigenvalue weighted by atomic mass is 10.2. The van der Waals surface area contributed by atoms with Crippen LogP contribution in [0.5, 0.6) is 5.75 Å². The van der Waals surface area contributed by atoms with Crippen LogP contribution in [0.15, 0.2) is 24.3 Å². The smallest absolute Gasteiger partial charge is 0.410 e. The fraction of sp³-hybridized carbons (Fsp3) is 0.417. The van der Waals surface area contributed by atoms with E-state index >= 15 is 0 Å². The Balaban J connectivity index is 1.66. The Kier molecular flexibility index (Phi) is 8.90. The first-order valence-corrected chi connectivity index (χ1v) is 12.3. The Morgan fingerprint density at radius 2 is 1.89 bits per heavy atom. The number of ether oxygens (including phenoxy) is 2. The van der Waals surface area contributed by atoms with Gasteiger partial charge in [0.2, 0.25) is 0 Å². The van der Waals surface area contributed by atoms with Crippen molar-refractivity contribution in [2.45, 2.75) is 45.5 Å². The SMILES string of the molecule is CC(C)N(C)c1cc(C(=O)NNC(=O)c2cc(F)c(OCC3COC(C)(C)N3C(=O)O)cc2Cl)cc(Cl)n1. The molecule has 0 spiro atoms. The van der Waals surface area contributed by atoms with Crippen molar-refractivity contribution in [2.75, 3.05) is 25.2 Å². The highest BCUT2D eigenvalue weighted by Gasteiger charge is 2.44. The van der Waals surface area contributed by atoms with E-state index in [2.05, 4.69) is 15.8 Å². The number of pyridine rings is 1. The molecule has 0 saturated carbocycles. The predicted molar refractivity (Wildman–Crippen MR) is 138 cm³/mol. The van der Waals surface area contributed by atoms with Crippen LogP contribution in [0.4, 0.5) is 15.0 Å². The fourth-order valence-electron chi connectivity index (χ4n) is 3.70. The third-order valence-corrected chi connectivity index (χ3v) is 6.45. The summed E-state index contributed by atoms with van der Waals surface area (Å²) in [6.07, 6.45) is -1.20. The van der Waals surface area contributed by atoms with Gasteiger partial charge in [0.1, 0.15) is 23.3 Å². The van der Waals surface area contributed by atoms with Crippen LogP contribution in [0.3, 0.4) is 0 Å². The highest BCUT2D eigenvalue weighted by molar-refractivity contribution is 6.34. The minimum Gasteiger partial charge on any atom is -0.488 e. The molecule has 0 radical (unpaired) electrons. The van der Waals surface area contributed by atoms with Gasteiger partial charge in [-0.1, -0.05) is 23.2 Å². The molecule has 14 heteroatoms. The van der Waals surface area contributed by atoms with Crippen LogP contribution in [-0.4, -0.2) is 71.0 Å². The van der Waals surface area contributed by atoms with Crippen molar-refractivity contribution in [3.05, 3.63) is 51.4 Å². The minimum absolute atomic E-state index is 0.0623. The molecule has 1 aromatic carbocycles. The van der Waals surface area contributed by atoms with Crippen LogP contribution in [0.2, 0.25) is 10.2 Å². The molecule has 1 unspecified atom stereocenters. The summed E-state index contributed by atoms with van der Waals surface area (Å²) in [4.78, 5) is 43.9. The predicted octanol–water partition coefficient (Wildman–Crippen LogP) is 3.94. The second kappa shape index (κ2) is 11.6. The lowest BCUT2D eigenvalue weighted by Crippen LogP contribution is -2.49. The Labute approximate surface area is 228 Å². The van der Waals surface area contributed by atoms with Crippen molar-refractivity contribution < 1.29 is 33.4 Å². The van der Waals surface area contributed by atoms with E-state index in [1.165, 1.54) is 12.1 Å². The Bertz CT molecular complexity index is 1250. The topological polar surface area (TPSA) is 133 Å². The summed E-state index contributed by atoms with van der Waals surface area (Å²) in [5.74, 6) is -2.28. The number of halogens is 3. The molecule has 1 aromatic heterocycles. The van der Waals surface area contributed by atoms with Crippen LogP contribution in [-0.2, 0) is 4.74 Å². The monoisotopic (exact) mass is 571 g/mol. The highest BCUT2D eigenvalue weighted by Crippen LogP contribution is 2.30. The molecule has 0 aliphatic carbocycles. The number of benzene rings is 1. The summed E-state index contributed by atoms with van der Waals surface area (Å²) >= 11 is 12.2. The molecule has 3 rings (SSSR count). The Morgan fingerprint density at radius 1 is 1.24 bits per heavy atom. The van der Waals surface area contributed by atoms with E-state index in [9.17, 15) is 23.9 Å². The number of aromatic nitrogens is 1. The third kappa shape index (κ3) is 6.55. The number of carboxylic acid groups (broad SMARTS) is 1. The molecule has 1 saturated heterocycles. The molecular formula is C24H28Cl2FN5O6. The number of amides is 3. The standard InChI is InChI=1S/C24H28Cl2FN5O6/c1-12(2)31(5)20-7-13(6-19(26)28-20)21(33)29-30-22(34)15-8-17(27)18(9-16(15)25)37-10-14-11-38-24(3,4)32(14)23(35)36/h6-9,12,14H,10-11H2,1-5H3,(H,29,33)(H,30,34)(H,35,36).